The van der Waals surface area contributed by atoms with E-state index in [9.17, 15) is 4.79 Å². The fourth-order valence-corrected chi connectivity index (χ4v) is 4.49. The summed E-state index contributed by atoms with van der Waals surface area (Å²) >= 11 is 0. The van der Waals surface area contributed by atoms with Crippen molar-refractivity contribution in [3.63, 3.8) is 0 Å². The van der Waals surface area contributed by atoms with E-state index in [-0.39, 0.29) is 5.91 Å². The van der Waals surface area contributed by atoms with E-state index in [1.165, 1.54) is 12.8 Å². The van der Waals surface area contributed by atoms with Gasteiger partial charge in [0.25, 0.3) is 5.91 Å². The van der Waals surface area contributed by atoms with Crippen LogP contribution in [-0.2, 0) is 4.74 Å². The van der Waals surface area contributed by atoms with Gasteiger partial charge in [0, 0.05) is 31.2 Å². The Morgan fingerprint density at radius 1 is 1.14 bits per heavy atom. The van der Waals surface area contributed by atoms with Crippen molar-refractivity contribution < 1.29 is 18.7 Å². The molecule has 6 nitrogen and oxygen atoms in total. The van der Waals surface area contributed by atoms with Crippen molar-refractivity contribution in [2.45, 2.75) is 24.9 Å². The molecule has 2 atom stereocenters. The van der Waals surface area contributed by atoms with E-state index in [1.807, 2.05) is 35.2 Å². The first kappa shape index (κ1) is 17.8. The number of hydrogen-bond acceptors (Lipinski definition) is 5. The highest BCUT2D eigenvalue weighted by Crippen LogP contribution is 2.38. The SMILES string of the molecule is COc1cccc(-c2ccc(C(=O)N3CCN4[C@@H](COC[C@@H]4C4CC4)C3)o2)c1. The maximum Gasteiger partial charge on any atom is 0.289 e. The van der Waals surface area contributed by atoms with Gasteiger partial charge in [0.15, 0.2) is 5.76 Å². The number of carbonyl (C=O) groups is 1. The molecule has 0 bridgehead atoms. The topological polar surface area (TPSA) is 55.2 Å². The van der Waals surface area contributed by atoms with Crippen LogP contribution in [0.25, 0.3) is 11.3 Å². The zero-order valence-corrected chi connectivity index (χ0v) is 16.2. The maximum absolute atomic E-state index is 13.0. The quantitative estimate of drug-likeness (QED) is 0.814. The molecule has 0 N–H and O–H groups in total. The lowest BCUT2D eigenvalue weighted by Crippen LogP contribution is -2.63. The summed E-state index contributed by atoms with van der Waals surface area (Å²) in [6.45, 7) is 3.92. The molecule has 2 aliphatic heterocycles. The predicted molar refractivity (Wildman–Crippen MR) is 104 cm³/mol. The smallest absolute Gasteiger partial charge is 0.289 e. The van der Waals surface area contributed by atoms with Crippen molar-refractivity contribution in [3.05, 3.63) is 42.2 Å². The summed E-state index contributed by atoms with van der Waals surface area (Å²) in [6, 6.07) is 12.1. The number of fused-ring (bicyclic) bond motifs is 1. The molecule has 0 spiro atoms. The molecule has 1 aliphatic carbocycles. The Morgan fingerprint density at radius 3 is 2.86 bits per heavy atom. The average Bonchev–Trinajstić information content (AvgIpc) is 3.48. The van der Waals surface area contributed by atoms with Crippen molar-refractivity contribution in [2.75, 3.05) is 40.0 Å². The molecule has 2 aromatic rings. The first-order chi connectivity index (χ1) is 13.7. The zero-order chi connectivity index (χ0) is 19.1. The second-order valence-corrected chi connectivity index (χ2v) is 7.98. The van der Waals surface area contributed by atoms with Gasteiger partial charge in [0.2, 0.25) is 0 Å². The number of hydrogen-bond donors (Lipinski definition) is 0. The Kier molecular flexibility index (Phi) is 4.61. The molecule has 0 unspecified atom stereocenters. The molecule has 1 amide bonds. The van der Waals surface area contributed by atoms with Crippen LogP contribution in [0.1, 0.15) is 23.4 Å². The number of morpholine rings is 1. The molecule has 1 saturated carbocycles. The van der Waals surface area contributed by atoms with E-state index in [4.69, 9.17) is 13.9 Å². The molecule has 2 saturated heterocycles. The number of furan rings is 1. The Labute approximate surface area is 165 Å². The molecule has 1 aromatic heterocycles. The fourth-order valence-electron chi connectivity index (χ4n) is 4.49. The van der Waals surface area contributed by atoms with Crippen molar-refractivity contribution in [3.8, 4) is 17.1 Å². The number of ether oxygens (including phenoxy) is 2. The largest absolute Gasteiger partial charge is 0.497 e. The van der Waals surface area contributed by atoms with Gasteiger partial charge in [-0.15, -0.1) is 0 Å². The lowest BCUT2D eigenvalue weighted by Gasteiger charge is -2.48. The summed E-state index contributed by atoms with van der Waals surface area (Å²) in [5.41, 5.74) is 0.899. The minimum atomic E-state index is -0.0395. The molecule has 3 fully saturated rings. The molecule has 3 heterocycles. The van der Waals surface area contributed by atoms with Gasteiger partial charge >= 0.3 is 0 Å². The number of amides is 1. The highest BCUT2D eigenvalue weighted by atomic mass is 16.5. The average molecular weight is 382 g/mol. The molecule has 1 aromatic carbocycles. The highest BCUT2D eigenvalue weighted by molar-refractivity contribution is 5.92. The van der Waals surface area contributed by atoms with E-state index < -0.39 is 0 Å². The first-order valence-corrected chi connectivity index (χ1v) is 10.1. The van der Waals surface area contributed by atoms with Crippen LogP contribution in [0.5, 0.6) is 5.75 Å². The number of benzene rings is 1. The third-order valence-corrected chi connectivity index (χ3v) is 6.18. The van der Waals surface area contributed by atoms with E-state index in [0.29, 0.717) is 36.8 Å². The highest BCUT2D eigenvalue weighted by Gasteiger charge is 2.43. The molecule has 148 valence electrons. The van der Waals surface area contributed by atoms with E-state index in [0.717, 1.165) is 36.9 Å². The summed E-state index contributed by atoms with van der Waals surface area (Å²) in [5.74, 6) is 2.58. The zero-order valence-electron chi connectivity index (χ0n) is 16.2. The van der Waals surface area contributed by atoms with Gasteiger partial charge in [-0.1, -0.05) is 12.1 Å². The van der Waals surface area contributed by atoms with Gasteiger partial charge in [-0.05, 0) is 43.0 Å². The predicted octanol–water partition coefficient (Wildman–Crippen LogP) is 2.89. The van der Waals surface area contributed by atoms with Crippen LogP contribution >= 0.6 is 0 Å². The lowest BCUT2D eigenvalue weighted by molar-refractivity contribution is -0.0818. The maximum atomic E-state index is 13.0. The number of piperazine rings is 1. The fraction of sp³-hybridized carbons (Fsp3) is 0.500. The summed E-state index contributed by atoms with van der Waals surface area (Å²) in [6.07, 6.45) is 2.64. The van der Waals surface area contributed by atoms with Crippen LogP contribution in [0.15, 0.2) is 40.8 Å². The second-order valence-electron chi connectivity index (χ2n) is 7.98. The second kappa shape index (κ2) is 7.26. The van der Waals surface area contributed by atoms with Crippen molar-refractivity contribution in [1.29, 1.82) is 0 Å². The van der Waals surface area contributed by atoms with Gasteiger partial charge in [-0.2, -0.15) is 0 Å². The number of rotatable bonds is 4. The molecular weight excluding hydrogens is 356 g/mol. The molecule has 5 rings (SSSR count). The van der Waals surface area contributed by atoms with Crippen LogP contribution < -0.4 is 4.74 Å². The van der Waals surface area contributed by atoms with E-state index in [1.54, 1.807) is 13.2 Å². The van der Waals surface area contributed by atoms with Crippen molar-refractivity contribution >= 4 is 5.91 Å². The van der Waals surface area contributed by atoms with E-state index >= 15 is 0 Å². The normalized spacial score (nSPS) is 25.4. The monoisotopic (exact) mass is 382 g/mol. The molecule has 0 radical (unpaired) electrons. The first-order valence-electron chi connectivity index (χ1n) is 10.1. The van der Waals surface area contributed by atoms with Crippen LogP contribution in [-0.4, -0.2) is 67.7 Å². The molecule has 6 heteroatoms. The molecule has 3 aliphatic rings. The number of nitrogens with zero attached hydrogens (tertiary/aromatic N) is 2. The van der Waals surface area contributed by atoms with Gasteiger partial charge in [-0.3, -0.25) is 9.69 Å². The standard InChI is InChI=1S/C22H26N2O4/c1-26-18-4-2-3-16(11-18)20-7-8-21(28-20)22(25)23-9-10-24-17(12-23)13-27-14-19(24)15-5-6-15/h2-4,7-8,11,15,17,19H,5-6,9-10,12-14H2,1H3/t17-,19-/m1/s1. The summed E-state index contributed by atoms with van der Waals surface area (Å²) in [7, 11) is 1.64. The summed E-state index contributed by atoms with van der Waals surface area (Å²) < 4.78 is 17.0. The Hall–Kier alpha value is -2.31. The third kappa shape index (κ3) is 3.31. The summed E-state index contributed by atoms with van der Waals surface area (Å²) in [5, 5.41) is 0. The summed E-state index contributed by atoms with van der Waals surface area (Å²) in [4.78, 5) is 17.5. The van der Waals surface area contributed by atoms with Crippen LogP contribution in [0.2, 0.25) is 0 Å². The number of carbonyl (C=O) groups excluding carboxylic acids is 1. The lowest BCUT2D eigenvalue weighted by atomic mass is 10.0. The van der Waals surface area contributed by atoms with Crippen LogP contribution in [0.4, 0.5) is 0 Å². The Balaban J connectivity index is 1.29. The van der Waals surface area contributed by atoms with Crippen molar-refractivity contribution in [1.82, 2.24) is 9.80 Å². The Bertz CT molecular complexity index is 860. The Morgan fingerprint density at radius 2 is 2.04 bits per heavy atom. The molecular formula is C22H26N2O4. The number of methoxy groups -OCH3 is 1. The molecule has 28 heavy (non-hydrogen) atoms. The van der Waals surface area contributed by atoms with Gasteiger partial charge in [0.05, 0.1) is 26.4 Å². The van der Waals surface area contributed by atoms with Crippen molar-refractivity contribution in [2.24, 2.45) is 5.92 Å². The minimum Gasteiger partial charge on any atom is -0.497 e. The van der Waals surface area contributed by atoms with Crippen LogP contribution in [0.3, 0.4) is 0 Å². The van der Waals surface area contributed by atoms with E-state index in [2.05, 4.69) is 4.90 Å². The van der Waals surface area contributed by atoms with Gasteiger partial charge in [-0.25, -0.2) is 0 Å². The minimum absolute atomic E-state index is 0.0395. The van der Waals surface area contributed by atoms with Gasteiger partial charge < -0.3 is 18.8 Å². The van der Waals surface area contributed by atoms with Crippen LogP contribution in [0, 0.1) is 5.92 Å². The van der Waals surface area contributed by atoms with Gasteiger partial charge in [0.1, 0.15) is 11.5 Å². The third-order valence-electron chi connectivity index (χ3n) is 6.18.